The topological polar surface area (TPSA) is 18.5 Å². The molecule has 0 bridgehead atoms. The molecule has 2 atom stereocenters. The van der Waals surface area contributed by atoms with Gasteiger partial charge in [0.2, 0.25) is 6.10 Å². The Kier molecular flexibility index (Phi) is 5.32. The van der Waals surface area contributed by atoms with E-state index in [4.69, 9.17) is 21.7 Å². The zero-order valence-corrected chi connectivity index (χ0v) is 13.2. The molecule has 0 unspecified atom stereocenters. The van der Waals surface area contributed by atoms with Crippen LogP contribution in [0.4, 0.5) is 13.2 Å². The molecule has 1 aromatic rings. The minimum atomic E-state index is -4.54. The summed E-state index contributed by atoms with van der Waals surface area (Å²) < 4.78 is 50.6. The van der Waals surface area contributed by atoms with Gasteiger partial charge in [0.1, 0.15) is 0 Å². The molecule has 22 heavy (non-hydrogen) atoms. The van der Waals surface area contributed by atoms with Gasteiger partial charge in [0.05, 0.1) is 0 Å². The van der Waals surface area contributed by atoms with Crippen LogP contribution in [0.2, 0.25) is 0 Å². The van der Waals surface area contributed by atoms with Crippen molar-refractivity contribution in [1.29, 1.82) is 0 Å². The van der Waals surface area contributed by atoms with E-state index in [0.29, 0.717) is 12.0 Å². The number of rotatable bonds is 6. The molecule has 0 aromatic heterocycles. The summed E-state index contributed by atoms with van der Waals surface area (Å²) in [6.45, 7) is 2.05. The molecule has 0 N–H and O–H groups in total. The van der Waals surface area contributed by atoms with Crippen LogP contribution in [0.25, 0.3) is 0 Å². The molecule has 0 aliphatic carbocycles. The fourth-order valence-corrected chi connectivity index (χ4v) is 3.07. The highest BCUT2D eigenvalue weighted by molar-refractivity contribution is 7.79. The summed E-state index contributed by atoms with van der Waals surface area (Å²) in [7, 11) is 0. The zero-order valence-electron chi connectivity index (χ0n) is 12.4. The Morgan fingerprint density at radius 1 is 1.14 bits per heavy atom. The van der Waals surface area contributed by atoms with Crippen LogP contribution < -0.4 is 0 Å². The first-order chi connectivity index (χ1) is 10.4. The third kappa shape index (κ3) is 3.54. The predicted octanol–water partition coefficient (Wildman–Crippen LogP) is 5.11. The second-order valence-corrected chi connectivity index (χ2v) is 5.79. The van der Waals surface area contributed by atoms with Gasteiger partial charge in [0.25, 0.3) is 0 Å². The van der Waals surface area contributed by atoms with Crippen molar-refractivity contribution in [1.82, 2.24) is 0 Å². The van der Waals surface area contributed by atoms with Gasteiger partial charge in [-0.05, 0) is 18.4 Å². The summed E-state index contributed by atoms with van der Waals surface area (Å²) >= 11 is 4.77. The average Bonchev–Trinajstić information content (AvgIpc) is 2.83. The van der Waals surface area contributed by atoms with E-state index in [9.17, 15) is 13.2 Å². The van der Waals surface area contributed by atoms with E-state index in [1.807, 2.05) is 0 Å². The summed E-state index contributed by atoms with van der Waals surface area (Å²) in [6, 6.07) is 8.42. The molecule has 0 radical (unpaired) electrons. The Bertz CT molecular complexity index is 504. The van der Waals surface area contributed by atoms with E-state index >= 15 is 0 Å². The molecule has 6 heteroatoms. The lowest BCUT2D eigenvalue weighted by molar-refractivity contribution is -0.224. The zero-order chi connectivity index (χ0) is 16.2. The largest absolute Gasteiger partial charge is 0.441 e. The summed E-state index contributed by atoms with van der Waals surface area (Å²) in [5, 5.41) is -0.429. The first kappa shape index (κ1) is 17.1. The Balaban J connectivity index is 2.34. The van der Waals surface area contributed by atoms with E-state index in [-0.39, 0.29) is 6.42 Å². The second kappa shape index (κ2) is 6.86. The van der Waals surface area contributed by atoms with Crippen molar-refractivity contribution in [2.24, 2.45) is 0 Å². The fraction of sp³-hybridized carbons (Fsp3) is 0.562. The third-order valence-corrected chi connectivity index (χ3v) is 4.04. The fourth-order valence-electron chi connectivity index (χ4n) is 2.82. The summed E-state index contributed by atoms with van der Waals surface area (Å²) in [5.74, 6) is 0. The van der Waals surface area contributed by atoms with Crippen LogP contribution in [0.3, 0.4) is 0 Å². The van der Waals surface area contributed by atoms with Gasteiger partial charge in [-0.2, -0.15) is 13.2 Å². The van der Waals surface area contributed by atoms with Crippen molar-refractivity contribution in [2.45, 2.75) is 56.9 Å². The van der Waals surface area contributed by atoms with Crippen molar-refractivity contribution in [2.75, 3.05) is 0 Å². The summed E-state index contributed by atoms with van der Waals surface area (Å²) in [4.78, 5) is 0. The molecule has 1 aromatic carbocycles. The molecule has 122 valence electrons. The van der Waals surface area contributed by atoms with Crippen molar-refractivity contribution in [3.8, 4) is 0 Å². The third-order valence-electron chi connectivity index (χ3n) is 3.86. The normalized spacial score (nSPS) is 24.9. The molecule has 0 amide bonds. The first-order valence-corrected chi connectivity index (χ1v) is 7.83. The van der Waals surface area contributed by atoms with Gasteiger partial charge in [-0.25, -0.2) is 0 Å². The van der Waals surface area contributed by atoms with Crippen molar-refractivity contribution in [3.63, 3.8) is 0 Å². The van der Waals surface area contributed by atoms with Crippen LogP contribution in [-0.2, 0) is 15.1 Å². The second-order valence-electron chi connectivity index (χ2n) is 5.46. The van der Waals surface area contributed by atoms with Crippen LogP contribution in [0.5, 0.6) is 0 Å². The van der Waals surface area contributed by atoms with Crippen LogP contribution >= 0.6 is 12.2 Å². The maximum atomic E-state index is 13.4. The Labute approximate surface area is 133 Å². The monoisotopic (exact) mass is 332 g/mol. The molecule has 1 aliphatic heterocycles. The van der Waals surface area contributed by atoms with Crippen molar-refractivity contribution >= 4 is 17.5 Å². The molecule has 1 fully saturated rings. The lowest BCUT2D eigenvalue weighted by Crippen LogP contribution is -2.46. The van der Waals surface area contributed by atoms with E-state index in [1.54, 1.807) is 30.3 Å². The van der Waals surface area contributed by atoms with Crippen molar-refractivity contribution in [3.05, 3.63) is 35.9 Å². The van der Waals surface area contributed by atoms with E-state index < -0.39 is 23.1 Å². The average molecular weight is 332 g/mol. The van der Waals surface area contributed by atoms with Crippen molar-refractivity contribution < 1.29 is 22.6 Å². The SMILES string of the molecule is CCCCCC[C@]1(c2ccccc2)OC(=S)O[C@H]1C(F)(F)F. The lowest BCUT2D eigenvalue weighted by atomic mass is 9.83. The highest BCUT2D eigenvalue weighted by Crippen LogP contribution is 2.47. The number of thiocarbonyl (C=S) groups is 1. The van der Waals surface area contributed by atoms with E-state index in [1.165, 1.54) is 0 Å². The number of hydrogen-bond acceptors (Lipinski definition) is 3. The Morgan fingerprint density at radius 2 is 1.82 bits per heavy atom. The Hall–Kier alpha value is -1.30. The number of alkyl halides is 3. The lowest BCUT2D eigenvalue weighted by Gasteiger charge is -2.32. The Morgan fingerprint density at radius 3 is 2.41 bits per heavy atom. The van der Waals surface area contributed by atoms with Gasteiger partial charge in [-0.1, -0.05) is 56.5 Å². The van der Waals surface area contributed by atoms with E-state index in [2.05, 4.69) is 6.92 Å². The number of halogens is 3. The minimum absolute atomic E-state index is 0.224. The molecule has 2 rings (SSSR count). The molecule has 0 spiro atoms. The molecule has 1 heterocycles. The van der Waals surface area contributed by atoms with E-state index in [0.717, 1.165) is 19.3 Å². The number of benzene rings is 1. The summed E-state index contributed by atoms with van der Waals surface area (Å²) in [6.07, 6.45) is -2.91. The van der Waals surface area contributed by atoms with Gasteiger partial charge in [0, 0.05) is 12.2 Å². The number of hydrogen-bond donors (Lipinski definition) is 0. The van der Waals surface area contributed by atoms with Gasteiger partial charge < -0.3 is 9.47 Å². The highest BCUT2D eigenvalue weighted by atomic mass is 32.1. The molecule has 1 saturated heterocycles. The maximum Gasteiger partial charge on any atom is 0.429 e. The minimum Gasteiger partial charge on any atom is -0.441 e. The number of unbranched alkanes of at least 4 members (excludes halogenated alkanes) is 3. The van der Waals surface area contributed by atoms with Crippen LogP contribution in [0.15, 0.2) is 30.3 Å². The van der Waals surface area contributed by atoms with Gasteiger partial charge in [0.15, 0.2) is 5.60 Å². The van der Waals surface area contributed by atoms with Gasteiger partial charge in [-0.3, -0.25) is 0 Å². The predicted molar refractivity (Wildman–Crippen MR) is 81.5 cm³/mol. The molecule has 1 aliphatic rings. The molecule has 2 nitrogen and oxygen atoms in total. The number of ether oxygens (including phenoxy) is 2. The summed E-state index contributed by atoms with van der Waals surface area (Å²) in [5.41, 5.74) is -1.13. The molecule has 0 saturated carbocycles. The molecular weight excluding hydrogens is 313 g/mol. The first-order valence-electron chi connectivity index (χ1n) is 7.42. The highest BCUT2D eigenvalue weighted by Gasteiger charge is 2.62. The van der Waals surface area contributed by atoms with Crippen LogP contribution in [0, 0.1) is 0 Å². The maximum absolute atomic E-state index is 13.4. The standard InChI is InChI=1S/C16H19F3O2S/c1-2-3-4-8-11-15(12-9-6-5-7-10-12)13(16(17,18)19)20-14(22)21-15/h5-7,9-10,13H,2-4,8,11H2,1H3/t13-,15-/m1/s1. The van der Waals surface area contributed by atoms with Gasteiger partial charge in [-0.15, -0.1) is 0 Å². The van der Waals surface area contributed by atoms with Gasteiger partial charge >= 0.3 is 11.4 Å². The van der Waals surface area contributed by atoms with Crippen LogP contribution in [-0.4, -0.2) is 17.5 Å². The molecular formula is C16H19F3O2S. The van der Waals surface area contributed by atoms with Crippen LogP contribution in [0.1, 0.15) is 44.6 Å². The smallest absolute Gasteiger partial charge is 0.429 e. The quantitative estimate of drug-likeness (QED) is 0.532.